The second-order valence-electron chi connectivity index (χ2n) is 4.17. The molecule has 0 saturated carbocycles. The van der Waals surface area contributed by atoms with Crippen LogP contribution < -0.4 is 10.6 Å². The highest BCUT2D eigenvalue weighted by atomic mass is 16.4. The molecular formula is C12H20N2O3. The molecule has 5 heteroatoms. The predicted octanol–water partition coefficient (Wildman–Crippen LogP) is 1.20. The summed E-state index contributed by atoms with van der Waals surface area (Å²) in [6, 6.07) is -0.761. The van der Waals surface area contributed by atoms with Gasteiger partial charge in [-0.3, -0.25) is 4.79 Å². The van der Waals surface area contributed by atoms with Crippen molar-refractivity contribution in [1.82, 2.24) is 10.6 Å². The highest BCUT2D eigenvalue weighted by Gasteiger charge is 2.31. The second-order valence-corrected chi connectivity index (χ2v) is 4.17. The first-order valence-electron chi connectivity index (χ1n) is 5.63. The molecule has 2 unspecified atom stereocenters. The van der Waals surface area contributed by atoms with Gasteiger partial charge in [0.15, 0.2) is 0 Å². The Labute approximate surface area is 102 Å². The fraction of sp³-hybridized carbons (Fsp3) is 0.667. The van der Waals surface area contributed by atoms with Crippen molar-refractivity contribution in [2.75, 3.05) is 6.54 Å². The molecule has 0 radical (unpaired) electrons. The fourth-order valence-corrected chi connectivity index (χ4v) is 1.10. The van der Waals surface area contributed by atoms with Crippen LogP contribution in [0.3, 0.4) is 0 Å². The monoisotopic (exact) mass is 240 g/mol. The topological polar surface area (TPSA) is 78.4 Å². The zero-order valence-electron chi connectivity index (χ0n) is 10.5. The van der Waals surface area contributed by atoms with E-state index in [1.54, 1.807) is 13.8 Å². The van der Waals surface area contributed by atoms with E-state index in [0.717, 1.165) is 0 Å². The molecule has 17 heavy (non-hydrogen) atoms. The molecule has 0 aromatic rings. The van der Waals surface area contributed by atoms with Crippen molar-refractivity contribution in [3.8, 4) is 12.3 Å². The Bertz CT molecular complexity index is 322. The summed E-state index contributed by atoms with van der Waals surface area (Å²) in [7, 11) is 0. The molecule has 5 nitrogen and oxygen atoms in total. The van der Waals surface area contributed by atoms with Crippen LogP contribution in [0.25, 0.3) is 0 Å². The number of carboxylic acid groups (broad SMARTS) is 1. The SMILES string of the molecule is C#CC(CC)NC(=O)NCC(C)(CC)C(=O)O. The summed E-state index contributed by atoms with van der Waals surface area (Å²) in [4.78, 5) is 22.4. The Hall–Kier alpha value is -1.70. The van der Waals surface area contributed by atoms with Crippen LogP contribution in [0.2, 0.25) is 0 Å². The molecule has 0 aromatic heterocycles. The number of hydrogen-bond acceptors (Lipinski definition) is 2. The van der Waals surface area contributed by atoms with Crippen LogP contribution in [0.4, 0.5) is 4.79 Å². The number of nitrogens with one attached hydrogen (secondary N) is 2. The van der Waals surface area contributed by atoms with Gasteiger partial charge < -0.3 is 15.7 Å². The van der Waals surface area contributed by atoms with E-state index in [1.165, 1.54) is 0 Å². The van der Waals surface area contributed by atoms with E-state index in [9.17, 15) is 9.59 Å². The molecule has 96 valence electrons. The number of carbonyl (C=O) groups excluding carboxylic acids is 1. The third-order valence-electron chi connectivity index (χ3n) is 2.85. The molecule has 0 saturated heterocycles. The lowest BCUT2D eigenvalue weighted by Crippen LogP contribution is -2.47. The minimum Gasteiger partial charge on any atom is -0.481 e. The van der Waals surface area contributed by atoms with Crippen LogP contribution in [0.5, 0.6) is 0 Å². The van der Waals surface area contributed by atoms with Gasteiger partial charge in [-0.15, -0.1) is 6.42 Å². The largest absolute Gasteiger partial charge is 0.481 e. The first kappa shape index (κ1) is 15.3. The van der Waals surface area contributed by atoms with Crippen molar-refractivity contribution < 1.29 is 14.7 Å². The van der Waals surface area contributed by atoms with Crippen molar-refractivity contribution in [2.45, 2.75) is 39.7 Å². The minimum atomic E-state index is -0.949. The molecule has 2 amide bonds. The molecular weight excluding hydrogens is 220 g/mol. The Morgan fingerprint density at radius 2 is 2.06 bits per heavy atom. The van der Waals surface area contributed by atoms with E-state index in [1.807, 2.05) is 6.92 Å². The molecule has 0 heterocycles. The average Bonchev–Trinajstić information content (AvgIpc) is 2.32. The fourth-order valence-electron chi connectivity index (χ4n) is 1.10. The summed E-state index contributed by atoms with van der Waals surface area (Å²) in [6.07, 6.45) is 6.27. The average molecular weight is 240 g/mol. The maximum Gasteiger partial charge on any atom is 0.315 e. The van der Waals surface area contributed by atoms with Crippen LogP contribution in [0, 0.1) is 17.8 Å². The van der Waals surface area contributed by atoms with Crippen molar-refractivity contribution in [2.24, 2.45) is 5.41 Å². The zero-order chi connectivity index (χ0) is 13.5. The maximum absolute atomic E-state index is 11.4. The van der Waals surface area contributed by atoms with E-state index in [-0.39, 0.29) is 12.6 Å². The minimum absolute atomic E-state index is 0.0751. The van der Waals surface area contributed by atoms with E-state index >= 15 is 0 Å². The molecule has 2 atom stereocenters. The summed E-state index contributed by atoms with van der Waals surface area (Å²) < 4.78 is 0. The van der Waals surface area contributed by atoms with Crippen molar-refractivity contribution in [1.29, 1.82) is 0 Å². The number of terminal acetylenes is 1. The van der Waals surface area contributed by atoms with Crippen molar-refractivity contribution in [3.63, 3.8) is 0 Å². The van der Waals surface area contributed by atoms with Crippen LogP contribution in [-0.4, -0.2) is 29.7 Å². The first-order valence-corrected chi connectivity index (χ1v) is 5.63. The van der Waals surface area contributed by atoms with Crippen LogP contribution in [0.1, 0.15) is 33.6 Å². The van der Waals surface area contributed by atoms with Gasteiger partial charge in [-0.05, 0) is 19.8 Å². The van der Waals surface area contributed by atoms with Gasteiger partial charge in [-0.2, -0.15) is 0 Å². The Morgan fingerprint density at radius 1 is 1.47 bits per heavy atom. The Balaban J connectivity index is 4.25. The Kier molecular flexibility index (Phi) is 6.11. The summed E-state index contributed by atoms with van der Waals surface area (Å²) in [6.45, 7) is 5.29. The lowest BCUT2D eigenvalue weighted by molar-refractivity contribution is -0.147. The van der Waals surface area contributed by atoms with Gasteiger partial charge in [-0.25, -0.2) is 4.79 Å². The lowest BCUT2D eigenvalue weighted by Gasteiger charge is -2.23. The number of rotatable bonds is 6. The van der Waals surface area contributed by atoms with Gasteiger partial charge in [0.2, 0.25) is 0 Å². The molecule has 0 aliphatic carbocycles. The number of aliphatic carboxylic acids is 1. The molecule has 0 spiro atoms. The molecule has 0 aliphatic rings. The van der Waals surface area contributed by atoms with Gasteiger partial charge in [0.05, 0.1) is 11.5 Å². The van der Waals surface area contributed by atoms with E-state index in [2.05, 4.69) is 16.6 Å². The van der Waals surface area contributed by atoms with Gasteiger partial charge in [0, 0.05) is 6.54 Å². The first-order chi connectivity index (χ1) is 7.89. The molecule has 3 N–H and O–H groups in total. The zero-order valence-corrected chi connectivity index (χ0v) is 10.5. The number of amides is 2. The quantitative estimate of drug-likeness (QED) is 0.610. The highest BCUT2D eigenvalue weighted by Crippen LogP contribution is 2.19. The highest BCUT2D eigenvalue weighted by molar-refractivity contribution is 5.78. The molecule has 0 aromatic carbocycles. The summed E-state index contributed by atoms with van der Waals surface area (Å²) in [5.41, 5.74) is -0.949. The standard InChI is InChI=1S/C12H20N2O3/c1-5-9(6-2)14-11(17)13-8-12(4,7-3)10(15)16/h1,9H,6-8H2,2-4H3,(H,15,16)(H2,13,14,17). The number of carboxylic acids is 1. The predicted molar refractivity (Wildman–Crippen MR) is 65.5 cm³/mol. The van der Waals surface area contributed by atoms with Crippen LogP contribution in [0.15, 0.2) is 0 Å². The second kappa shape index (κ2) is 6.79. The molecule has 0 rings (SSSR count). The number of urea groups is 1. The number of carbonyl (C=O) groups is 2. The lowest BCUT2D eigenvalue weighted by atomic mass is 9.88. The maximum atomic E-state index is 11.4. The van der Waals surface area contributed by atoms with Crippen molar-refractivity contribution in [3.05, 3.63) is 0 Å². The smallest absolute Gasteiger partial charge is 0.315 e. The molecule has 0 fully saturated rings. The Morgan fingerprint density at radius 3 is 2.41 bits per heavy atom. The third-order valence-corrected chi connectivity index (χ3v) is 2.85. The van der Waals surface area contributed by atoms with E-state index in [4.69, 9.17) is 11.5 Å². The number of hydrogen-bond donors (Lipinski definition) is 3. The van der Waals surface area contributed by atoms with Gasteiger partial charge in [0.25, 0.3) is 0 Å². The van der Waals surface area contributed by atoms with Gasteiger partial charge >= 0.3 is 12.0 Å². The summed E-state index contributed by atoms with van der Waals surface area (Å²) >= 11 is 0. The molecule has 0 aliphatic heterocycles. The summed E-state index contributed by atoms with van der Waals surface area (Å²) in [5, 5.41) is 14.1. The van der Waals surface area contributed by atoms with E-state index in [0.29, 0.717) is 12.8 Å². The van der Waals surface area contributed by atoms with Gasteiger partial charge in [0.1, 0.15) is 0 Å². The normalized spacial score (nSPS) is 15.2. The summed E-state index contributed by atoms with van der Waals surface area (Å²) in [5.74, 6) is 1.50. The third kappa shape index (κ3) is 4.77. The van der Waals surface area contributed by atoms with E-state index < -0.39 is 17.4 Å². The molecule has 0 bridgehead atoms. The van der Waals surface area contributed by atoms with Gasteiger partial charge in [-0.1, -0.05) is 19.8 Å². The van der Waals surface area contributed by atoms with Crippen molar-refractivity contribution >= 4 is 12.0 Å². The van der Waals surface area contributed by atoms with Crippen LogP contribution in [-0.2, 0) is 4.79 Å². The van der Waals surface area contributed by atoms with Crippen LogP contribution >= 0.6 is 0 Å².